The van der Waals surface area contributed by atoms with Gasteiger partial charge in [-0.05, 0) is 94.8 Å². The van der Waals surface area contributed by atoms with Crippen LogP contribution in [0.25, 0.3) is 0 Å². The van der Waals surface area contributed by atoms with Gasteiger partial charge in [0.25, 0.3) is 0 Å². The van der Waals surface area contributed by atoms with E-state index in [-0.39, 0.29) is 16.2 Å². The van der Waals surface area contributed by atoms with Crippen molar-refractivity contribution in [3.05, 3.63) is 58.6 Å². The highest BCUT2D eigenvalue weighted by molar-refractivity contribution is 7.89. The number of amides is 1. The van der Waals surface area contributed by atoms with E-state index in [4.69, 9.17) is 11.6 Å². The topological polar surface area (TPSA) is 69.7 Å². The van der Waals surface area contributed by atoms with E-state index < -0.39 is 15.6 Å². The SMILES string of the molecule is Cc1cccc(C)c1NC(=O)CN1CCC2(CC1)CN(S(=O)(=O)c1cccc(Cl)c1)C(C)(C)C2. The molecule has 1 spiro atoms. The second-order valence-electron chi connectivity index (χ2n) is 10.5. The summed E-state index contributed by atoms with van der Waals surface area (Å²) in [4.78, 5) is 15.1. The summed E-state index contributed by atoms with van der Waals surface area (Å²) in [6.45, 7) is 10.4. The molecule has 0 saturated carbocycles. The zero-order valence-corrected chi connectivity index (χ0v) is 22.0. The Labute approximate surface area is 208 Å². The van der Waals surface area contributed by atoms with Crippen LogP contribution in [0.4, 0.5) is 5.69 Å². The number of nitrogens with one attached hydrogen (secondary N) is 1. The Morgan fingerprint density at radius 1 is 1.06 bits per heavy atom. The quantitative estimate of drug-likeness (QED) is 0.633. The molecule has 6 nitrogen and oxygen atoms in total. The standard InChI is InChI=1S/C26H34ClN3O3S/c1-19-7-5-8-20(2)24(19)28-23(31)16-29-13-11-26(12-14-29)17-25(3,4)30(18-26)34(32,33)22-10-6-9-21(27)15-22/h5-10,15H,11-14,16-18H2,1-4H3,(H,28,31). The maximum absolute atomic E-state index is 13.5. The van der Waals surface area contributed by atoms with Gasteiger partial charge in [0.15, 0.2) is 0 Å². The molecule has 0 atom stereocenters. The number of anilines is 1. The third-order valence-electron chi connectivity index (χ3n) is 7.38. The van der Waals surface area contributed by atoms with Crippen molar-refractivity contribution in [3.63, 3.8) is 0 Å². The van der Waals surface area contributed by atoms with E-state index >= 15 is 0 Å². The monoisotopic (exact) mass is 503 g/mol. The van der Waals surface area contributed by atoms with Gasteiger partial charge in [0.1, 0.15) is 0 Å². The van der Waals surface area contributed by atoms with Crippen molar-refractivity contribution < 1.29 is 13.2 Å². The average molecular weight is 504 g/mol. The molecule has 0 aromatic heterocycles. The van der Waals surface area contributed by atoms with Crippen molar-refractivity contribution in [2.24, 2.45) is 5.41 Å². The molecule has 0 radical (unpaired) electrons. The lowest BCUT2D eigenvalue weighted by Crippen LogP contribution is -2.45. The maximum atomic E-state index is 13.5. The summed E-state index contributed by atoms with van der Waals surface area (Å²) in [5, 5.41) is 3.49. The zero-order chi connectivity index (χ0) is 24.7. The van der Waals surface area contributed by atoms with Crippen molar-refractivity contribution in [1.82, 2.24) is 9.21 Å². The number of halogens is 1. The molecule has 2 aromatic rings. The molecule has 0 aliphatic carbocycles. The van der Waals surface area contributed by atoms with Gasteiger partial charge in [0.05, 0.1) is 11.4 Å². The Morgan fingerprint density at radius 2 is 1.68 bits per heavy atom. The number of benzene rings is 2. The Balaban J connectivity index is 1.41. The fourth-order valence-corrected chi connectivity index (χ4v) is 7.85. The number of likely N-dealkylation sites (tertiary alicyclic amines) is 1. The number of rotatable bonds is 5. The van der Waals surface area contributed by atoms with Crippen LogP contribution >= 0.6 is 11.6 Å². The summed E-state index contributed by atoms with van der Waals surface area (Å²) in [6.07, 6.45) is 2.55. The lowest BCUT2D eigenvalue weighted by Gasteiger charge is -2.39. The van der Waals surface area contributed by atoms with Crippen LogP contribution in [0.2, 0.25) is 5.02 Å². The van der Waals surface area contributed by atoms with Crippen LogP contribution in [0.3, 0.4) is 0 Å². The molecule has 0 bridgehead atoms. The molecule has 184 valence electrons. The van der Waals surface area contributed by atoms with E-state index in [0.29, 0.717) is 18.1 Å². The second kappa shape index (κ2) is 9.26. The Bertz CT molecular complexity index is 1170. The molecule has 34 heavy (non-hydrogen) atoms. The summed E-state index contributed by atoms with van der Waals surface area (Å²) < 4.78 is 28.6. The molecule has 2 fully saturated rings. The lowest BCUT2D eigenvalue weighted by molar-refractivity contribution is -0.117. The average Bonchev–Trinajstić information content (AvgIpc) is 3.03. The first-order valence-corrected chi connectivity index (χ1v) is 13.6. The first-order valence-electron chi connectivity index (χ1n) is 11.8. The maximum Gasteiger partial charge on any atom is 0.243 e. The predicted molar refractivity (Wildman–Crippen MR) is 137 cm³/mol. The number of carbonyl (C=O) groups is 1. The molecule has 1 N–H and O–H groups in total. The molecule has 1 amide bonds. The van der Waals surface area contributed by atoms with Crippen LogP contribution in [-0.2, 0) is 14.8 Å². The Hall–Kier alpha value is -1.93. The van der Waals surface area contributed by atoms with Crippen molar-refractivity contribution in [3.8, 4) is 0 Å². The molecule has 2 aromatic carbocycles. The number of hydrogen-bond donors (Lipinski definition) is 1. The summed E-state index contributed by atoms with van der Waals surface area (Å²) in [5.74, 6) is -0.00902. The highest BCUT2D eigenvalue weighted by atomic mass is 35.5. The molecular formula is C26H34ClN3O3S. The first kappa shape index (κ1) is 25.2. The van der Waals surface area contributed by atoms with E-state index in [1.165, 1.54) is 6.07 Å². The number of aryl methyl sites for hydroxylation is 2. The Kier molecular flexibility index (Phi) is 6.86. The number of carbonyl (C=O) groups excluding carboxylic acids is 1. The van der Waals surface area contributed by atoms with Crippen LogP contribution in [0.1, 0.15) is 44.2 Å². The van der Waals surface area contributed by atoms with E-state index in [9.17, 15) is 13.2 Å². The van der Waals surface area contributed by atoms with E-state index in [1.807, 2.05) is 45.9 Å². The molecule has 4 rings (SSSR count). The lowest BCUT2D eigenvalue weighted by atomic mass is 9.74. The normalized spacial score (nSPS) is 20.5. The Morgan fingerprint density at radius 3 is 2.29 bits per heavy atom. The minimum Gasteiger partial charge on any atom is -0.324 e. The highest BCUT2D eigenvalue weighted by Gasteiger charge is 2.53. The molecule has 2 saturated heterocycles. The van der Waals surface area contributed by atoms with Gasteiger partial charge < -0.3 is 5.32 Å². The summed E-state index contributed by atoms with van der Waals surface area (Å²) in [6, 6.07) is 12.5. The van der Waals surface area contributed by atoms with E-state index in [2.05, 4.69) is 10.2 Å². The van der Waals surface area contributed by atoms with Crippen molar-refractivity contribution in [2.45, 2.75) is 57.4 Å². The summed E-state index contributed by atoms with van der Waals surface area (Å²) in [7, 11) is -3.65. The number of hydrogen-bond acceptors (Lipinski definition) is 4. The molecule has 0 unspecified atom stereocenters. The molecule has 2 heterocycles. The summed E-state index contributed by atoms with van der Waals surface area (Å²) in [5.41, 5.74) is 2.44. The van der Waals surface area contributed by atoms with E-state index in [0.717, 1.165) is 49.2 Å². The van der Waals surface area contributed by atoms with Gasteiger partial charge in [-0.3, -0.25) is 9.69 Å². The van der Waals surface area contributed by atoms with Crippen molar-refractivity contribution in [1.29, 1.82) is 0 Å². The van der Waals surface area contributed by atoms with Gasteiger partial charge in [-0.15, -0.1) is 0 Å². The van der Waals surface area contributed by atoms with Crippen LogP contribution in [0.15, 0.2) is 47.4 Å². The van der Waals surface area contributed by atoms with Gasteiger partial charge >= 0.3 is 0 Å². The number of nitrogens with zero attached hydrogens (tertiary/aromatic N) is 2. The largest absolute Gasteiger partial charge is 0.324 e. The summed E-state index contributed by atoms with van der Waals surface area (Å²) >= 11 is 6.08. The molecular weight excluding hydrogens is 470 g/mol. The highest BCUT2D eigenvalue weighted by Crippen LogP contribution is 2.49. The molecule has 2 aliphatic heterocycles. The van der Waals surface area contributed by atoms with Crippen LogP contribution < -0.4 is 5.32 Å². The smallest absolute Gasteiger partial charge is 0.243 e. The van der Waals surface area contributed by atoms with Gasteiger partial charge in [-0.2, -0.15) is 4.31 Å². The van der Waals surface area contributed by atoms with Gasteiger partial charge in [0.2, 0.25) is 15.9 Å². The first-order chi connectivity index (χ1) is 15.9. The molecule has 2 aliphatic rings. The number of piperidine rings is 1. The van der Waals surface area contributed by atoms with Crippen LogP contribution in [0, 0.1) is 19.3 Å². The zero-order valence-electron chi connectivity index (χ0n) is 20.4. The third-order valence-corrected chi connectivity index (χ3v) is 9.66. The van der Waals surface area contributed by atoms with Gasteiger partial charge in [-0.25, -0.2) is 8.42 Å². The fourth-order valence-electron chi connectivity index (χ4n) is 5.66. The molecule has 8 heteroatoms. The number of sulfonamides is 1. The second-order valence-corrected chi connectivity index (χ2v) is 12.8. The third kappa shape index (κ3) is 5.03. The minimum atomic E-state index is -3.65. The van der Waals surface area contributed by atoms with Gasteiger partial charge in [-0.1, -0.05) is 35.9 Å². The van der Waals surface area contributed by atoms with Gasteiger partial charge in [0, 0.05) is 22.8 Å². The van der Waals surface area contributed by atoms with Crippen LogP contribution in [0.5, 0.6) is 0 Å². The predicted octanol–water partition coefficient (Wildman–Crippen LogP) is 4.85. The van der Waals surface area contributed by atoms with Crippen molar-refractivity contribution in [2.75, 3.05) is 31.5 Å². The minimum absolute atomic E-state index is 0.00902. The fraction of sp³-hybridized carbons (Fsp3) is 0.500. The van der Waals surface area contributed by atoms with Crippen molar-refractivity contribution >= 4 is 33.2 Å². The number of para-hydroxylation sites is 1. The van der Waals surface area contributed by atoms with E-state index in [1.54, 1.807) is 22.5 Å². The van der Waals surface area contributed by atoms with Crippen LogP contribution in [-0.4, -0.2) is 55.2 Å².